The largest absolute Gasteiger partial charge is 0.497 e. The van der Waals surface area contributed by atoms with Gasteiger partial charge >= 0.3 is 11.9 Å². The molecule has 1 rings (SSSR count). The Labute approximate surface area is 126 Å². The molecule has 1 aromatic carbocycles. The van der Waals surface area contributed by atoms with Gasteiger partial charge in [-0.2, -0.15) is 0 Å². The molecule has 1 aromatic rings. The molecule has 0 amide bonds. The van der Waals surface area contributed by atoms with Gasteiger partial charge in [0.05, 0.1) is 25.9 Å². The van der Waals surface area contributed by atoms with Crippen LogP contribution in [0.2, 0.25) is 0 Å². The lowest BCUT2D eigenvalue weighted by Gasteiger charge is -2.14. The van der Waals surface area contributed by atoms with Crippen LogP contribution in [0, 0.1) is 0 Å². The number of carbonyl (C=O) groups is 2. The number of hydrogen-bond donors (Lipinski definition) is 0. The zero-order chi connectivity index (χ0) is 15.1. The molecule has 0 fully saturated rings. The number of benzene rings is 1. The van der Waals surface area contributed by atoms with Crippen molar-refractivity contribution in [3.05, 3.63) is 29.3 Å². The van der Waals surface area contributed by atoms with Crippen molar-refractivity contribution < 1.29 is 23.8 Å². The normalized spacial score (nSPS) is 11.6. The first-order chi connectivity index (χ1) is 9.54. The van der Waals surface area contributed by atoms with E-state index in [0.29, 0.717) is 16.9 Å². The molecule has 6 heteroatoms. The van der Waals surface area contributed by atoms with E-state index < -0.39 is 16.8 Å². The maximum Gasteiger partial charge on any atom is 0.338 e. The molecule has 1 atom stereocenters. The van der Waals surface area contributed by atoms with E-state index >= 15 is 0 Å². The van der Waals surface area contributed by atoms with Crippen molar-refractivity contribution in [2.45, 2.75) is 18.7 Å². The summed E-state index contributed by atoms with van der Waals surface area (Å²) in [6.45, 7) is 3.96. The predicted molar refractivity (Wildman–Crippen MR) is 77.3 cm³/mol. The van der Waals surface area contributed by atoms with Crippen LogP contribution in [0.4, 0.5) is 0 Å². The summed E-state index contributed by atoms with van der Waals surface area (Å²) in [6, 6.07) is 4.82. The van der Waals surface area contributed by atoms with Crippen LogP contribution in [0.15, 0.2) is 18.2 Å². The highest BCUT2D eigenvalue weighted by molar-refractivity contribution is 9.09. The fourth-order valence-corrected chi connectivity index (χ4v) is 2.13. The van der Waals surface area contributed by atoms with E-state index in [1.807, 2.05) is 0 Å². The number of methoxy groups -OCH3 is 1. The van der Waals surface area contributed by atoms with Gasteiger partial charge in [-0.05, 0) is 37.6 Å². The third kappa shape index (κ3) is 3.96. The molecule has 0 aromatic heterocycles. The maximum absolute atomic E-state index is 11.9. The fourth-order valence-electron chi connectivity index (χ4n) is 1.61. The van der Waals surface area contributed by atoms with E-state index in [1.165, 1.54) is 7.11 Å². The molecule has 0 N–H and O–H groups in total. The molecule has 0 heterocycles. The number of rotatable bonds is 6. The molecule has 0 bridgehead atoms. The lowest BCUT2D eigenvalue weighted by Crippen LogP contribution is -2.15. The summed E-state index contributed by atoms with van der Waals surface area (Å²) in [5.41, 5.74) is 0.767. The standard InChI is InChI=1S/C14H17BrO5/c1-4-19-13(16)10-7-6-9(18-3)8-11(10)12(15)14(17)20-5-2/h6-8,12H,4-5H2,1-3H3. The highest BCUT2D eigenvalue weighted by atomic mass is 79.9. The summed E-state index contributed by atoms with van der Waals surface area (Å²) in [5.74, 6) is -0.410. The van der Waals surface area contributed by atoms with Crippen molar-refractivity contribution in [2.24, 2.45) is 0 Å². The SMILES string of the molecule is CCOC(=O)c1ccc(OC)cc1C(Br)C(=O)OCC. The van der Waals surface area contributed by atoms with Gasteiger partial charge in [-0.25, -0.2) is 4.79 Å². The Morgan fingerprint density at radius 2 is 1.85 bits per heavy atom. The van der Waals surface area contributed by atoms with Crippen LogP contribution in [0.5, 0.6) is 5.75 Å². The van der Waals surface area contributed by atoms with Gasteiger partial charge in [0.25, 0.3) is 0 Å². The van der Waals surface area contributed by atoms with Crippen LogP contribution in [0.25, 0.3) is 0 Å². The Bertz CT molecular complexity index is 486. The van der Waals surface area contributed by atoms with Crippen molar-refractivity contribution in [1.82, 2.24) is 0 Å². The quantitative estimate of drug-likeness (QED) is 0.586. The Balaban J connectivity index is 3.18. The van der Waals surface area contributed by atoms with Gasteiger partial charge in [-0.15, -0.1) is 0 Å². The van der Waals surface area contributed by atoms with Crippen LogP contribution in [-0.4, -0.2) is 32.3 Å². The highest BCUT2D eigenvalue weighted by Crippen LogP contribution is 2.31. The predicted octanol–water partition coefficient (Wildman–Crippen LogP) is 2.87. The number of carbonyl (C=O) groups excluding carboxylic acids is 2. The summed E-state index contributed by atoms with van der Waals surface area (Å²) in [4.78, 5) is 23.0. The van der Waals surface area contributed by atoms with Crippen LogP contribution < -0.4 is 4.74 Å². The fraction of sp³-hybridized carbons (Fsp3) is 0.429. The Morgan fingerprint density at radius 3 is 2.40 bits per heavy atom. The lowest BCUT2D eigenvalue weighted by molar-refractivity contribution is -0.142. The second kappa shape index (κ2) is 7.89. The Hall–Kier alpha value is -1.56. The number of ether oxygens (including phenoxy) is 3. The minimum atomic E-state index is -0.753. The smallest absolute Gasteiger partial charge is 0.338 e. The first-order valence-electron chi connectivity index (χ1n) is 6.20. The van der Waals surface area contributed by atoms with E-state index in [-0.39, 0.29) is 13.2 Å². The van der Waals surface area contributed by atoms with Crippen molar-refractivity contribution in [1.29, 1.82) is 0 Å². The van der Waals surface area contributed by atoms with Crippen molar-refractivity contribution in [2.75, 3.05) is 20.3 Å². The first kappa shape index (κ1) is 16.5. The van der Waals surface area contributed by atoms with Crippen molar-refractivity contribution in [3.8, 4) is 5.75 Å². The monoisotopic (exact) mass is 344 g/mol. The number of hydrogen-bond acceptors (Lipinski definition) is 5. The molecule has 0 spiro atoms. The average Bonchev–Trinajstić information content (AvgIpc) is 2.46. The highest BCUT2D eigenvalue weighted by Gasteiger charge is 2.25. The summed E-state index contributed by atoms with van der Waals surface area (Å²) in [7, 11) is 1.51. The van der Waals surface area contributed by atoms with Crippen LogP contribution in [-0.2, 0) is 14.3 Å². The molecule has 0 aliphatic carbocycles. The third-order valence-corrected chi connectivity index (χ3v) is 3.39. The zero-order valence-corrected chi connectivity index (χ0v) is 13.2. The molecule has 0 saturated heterocycles. The second-order valence-electron chi connectivity index (χ2n) is 3.79. The number of esters is 2. The van der Waals surface area contributed by atoms with E-state index in [1.54, 1.807) is 32.0 Å². The molecule has 110 valence electrons. The van der Waals surface area contributed by atoms with Crippen LogP contribution in [0.3, 0.4) is 0 Å². The molecule has 1 unspecified atom stereocenters. The average molecular weight is 345 g/mol. The van der Waals surface area contributed by atoms with Crippen LogP contribution >= 0.6 is 15.9 Å². The molecular formula is C14H17BrO5. The minimum Gasteiger partial charge on any atom is -0.497 e. The first-order valence-corrected chi connectivity index (χ1v) is 7.12. The van der Waals surface area contributed by atoms with Gasteiger partial charge in [0.15, 0.2) is 0 Å². The van der Waals surface area contributed by atoms with Gasteiger partial charge in [-0.1, -0.05) is 15.9 Å². The Kier molecular flexibility index (Phi) is 6.51. The molecule has 0 aliphatic rings. The lowest BCUT2D eigenvalue weighted by atomic mass is 10.0. The van der Waals surface area contributed by atoms with E-state index in [9.17, 15) is 9.59 Å². The third-order valence-electron chi connectivity index (χ3n) is 2.52. The Morgan fingerprint density at radius 1 is 1.20 bits per heavy atom. The van der Waals surface area contributed by atoms with Gasteiger partial charge in [0, 0.05) is 0 Å². The van der Waals surface area contributed by atoms with Gasteiger partial charge in [-0.3, -0.25) is 4.79 Å². The summed E-state index contributed by atoms with van der Waals surface area (Å²) in [6.07, 6.45) is 0. The molecule has 20 heavy (non-hydrogen) atoms. The molecule has 5 nitrogen and oxygen atoms in total. The summed E-state index contributed by atoms with van der Waals surface area (Å²) in [5, 5.41) is 0. The van der Waals surface area contributed by atoms with E-state index in [2.05, 4.69) is 15.9 Å². The molecule has 0 saturated carbocycles. The van der Waals surface area contributed by atoms with Gasteiger partial charge < -0.3 is 14.2 Å². The van der Waals surface area contributed by atoms with Crippen molar-refractivity contribution >= 4 is 27.9 Å². The van der Waals surface area contributed by atoms with E-state index in [0.717, 1.165) is 0 Å². The second-order valence-corrected chi connectivity index (χ2v) is 4.70. The maximum atomic E-state index is 11.9. The van der Waals surface area contributed by atoms with Crippen molar-refractivity contribution in [3.63, 3.8) is 0 Å². The van der Waals surface area contributed by atoms with Gasteiger partial charge in [0.2, 0.25) is 0 Å². The minimum absolute atomic E-state index is 0.261. The van der Waals surface area contributed by atoms with Gasteiger partial charge in [0.1, 0.15) is 10.6 Å². The topological polar surface area (TPSA) is 61.8 Å². The zero-order valence-electron chi connectivity index (χ0n) is 11.6. The van der Waals surface area contributed by atoms with E-state index in [4.69, 9.17) is 14.2 Å². The molecular weight excluding hydrogens is 328 g/mol. The number of halogens is 1. The molecule has 0 radical (unpaired) electrons. The summed E-state index contributed by atoms with van der Waals surface area (Å²) >= 11 is 3.25. The number of alkyl halides is 1. The van der Waals surface area contributed by atoms with Crippen LogP contribution in [0.1, 0.15) is 34.6 Å². The summed E-state index contributed by atoms with van der Waals surface area (Å²) < 4.78 is 15.0. The molecule has 0 aliphatic heterocycles.